The number of hydrogen-bond acceptors (Lipinski definition) is 2. The monoisotopic (exact) mass is 234 g/mol. The highest BCUT2D eigenvalue weighted by molar-refractivity contribution is 5.16. The van der Waals surface area contributed by atoms with Gasteiger partial charge in [-0.05, 0) is 30.7 Å². The minimum atomic E-state index is -0.306. The van der Waals surface area contributed by atoms with Gasteiger partial charge in [-0.15, -0.1) is 0 Å². The molecule has 0 bridgehead atoms. The average Bonchev–Trinajstić information content (AvgIpc) is 2.75. The molecule has 0 saturated carbocycles. The van der Waals surface area contributed by atoms with Crippen molar-refractivity contribution in [2.24, 2.45) is 5.92 Å². The van der Waals surface area contributed by atoms with E-state index in [9.17, 15) is 5.11 Å². The van der Waals surface area contributed by atoms with Crippen LogP contribution in [0.5, 0.6) is 0 Å². The normalized spacial score (nSPS) is 28.8. The molecule has 0 radical (unpaired) electrons. The fourth-order valence-electron chi connectivity index (χ4n) is 2.60. The Bertz CT molecular complexity index is 347. The third-order valence-electron chi connectivity index (χ3n) is 3.92. The SMILES string of the molecule is CC(C)C1(CO)CCC(Cc2ccccc2)O1. The van der Waals surface area contributed by atoms with Gasteiger partial charge in [0.25, 0.3) is 0 Å². The molecule has 0 aromatic heterocycles. The molecule has 17 heavy (non-hydrogen) atoms. The molecule has 1 fully saturated rings. The van der Waals surface area contributed by atoms with Crippen molar-refractivity contribution in [3.05, 3.63) is 35.9 Å². The number of rotatable bonds is 4. The number of hydrogen-bond donors (Lipinski definition) is 1. The summed E-state index contributed by atoms with van der Waals surface area (Å²) in [5, 5.41) is 9.55. The number of aliphatic hydroxyl groups is 1. The van der Waals surface area contributed by atoms with Crippen LogP contribution in [0.25, 0.3) is 0 Å². The molecule has 0 aliphatic carbocycles. The van der Waals surface area contributed by atoms with E-state index < -0.39 is 0 Å². The van der Waals surface area contributed by atoms with Gasteiger partial charge in [0, 0.05) is 0 Å². The summed E-state index contributed by atoms with van der Waals surface area (Å²) in [5.41, 5.74) is 1.01. The van der Waals surface area contributed by atoms with Gasteiger partial charge in [0.05, 0.1) is 18.3 Å². The van der Waals surface area contributed by atoms with E-state index >= 15 is 0 Å². The Labute approximate surface area is 104 Å². The van der Waals surface area contributed by atoms with Crippen molar-refractivity contribution in [1.82, 2.24) is 0 Å². The Hall–Kier alpha value is -0.860. The van der Waals surface area contributed by atoms with Crippen LogP contribution in [0, 0.1) is 5.92 Å². The molecule has 1 heterocycles. The summed E-state index contributed by atoms with van der Waals surface area (Å²) < 4.78 is 6.11. The Morgan fingerprint density at radius 2 is 2.06 bits per heavy atom. The van der Waals surface area contributed by atoms with Gasteiger partial charge in [-0.3, -0.25) is 0 Å². The number of aliphatic hydroxyl groups excluding tert-OH is 1. The van der Waals surface area contributed by atoms with Gasteiger partial charge in [-0.25, -0.2) is 0 Å². The molecule has 1 saturated heterocycles. The summed E-state index contributed by atoms with van der Waals surface area (Å²) in [7, 11) is 0. The second-order valence-corrected chi connectivity index (χ2v) is 5.35. The van der Waals surface area contributed by atoms with Gasteiger partial charge in [0.1, 0.15) is 0 Å². The first-order chi connectivity index (χ1) is 8.16. The van der Waals surface area contributed by atoms with Crippen LogP contribution in [0.15, 0.2) is 30.3 Å². The van der Waals surface area contributed by atoms with Crippen molar-refractivity contribution in [1.29, 1.82) is 0 Å². The highest BCUT2D eigenvalue weighted by atomic mass is 16.5. The first kappa shape index (κ1) is 12.6. The van der Waals surface area contributed by atoms with Crippen molar-refractivity contribution < 1.29 is 9.84 Å². The molecule has 1 aliphatic heterocycles. The van der Waals surface area contributed by atoms with Crippen molar-refractivity contribution in [2.45, 2.75) is 44.8 Å². The van der Waals surface area contributed by atoms with E-state index in [2.05, 4.69) is 38.1 Å². The molecule has 0 spiro atoms. The molecule has 2 rings (SSSR count). The quantitative estimate of drug-likeness (QED) is 0.868. The van der Waals surface area contributed by atoms with Crippen LogP contribution >= 0.6 is 0 Å². The van der Waals surface area contributed by atoms with E-state index in [-0.39, 0.29) is 18.3 Å². The minimum Gasteiger partial charge on any atom is -0.393 e. The highest BCUT2D eigenvalue weighted by Crippen LogP contribution is 2.37. The van der Waals surface area contributed by atoms with Gasteiger partial charge in [-0.1, -0.05) is 44.2 Å². The van der Waals surface area contributed by atoms with E-state index in [0.717, 1.165) is 19.3 Å². The summed E-state index contributed by atoms with van der Waals surface area (Å²) in [5.74, 6) is 0.369. The van der Waals surface area contributed by atoms with Crippen LogP contribution in [0.1, 0.15) is 32.3 Å². The zero-order chi connectivity index (χ0) is 12.3. The third kappa shape index (κ3) is 2.70. The first-order valence-electron chi connectivity index (χ1n) is 6.49. The molecule has 94 valence electrons. The maximum Gasteiger partial charge on any atom is 0.0939 e. The van der Waals surface area contributed by atoms with Crippen molar-refractivity contribution in [3.63, 3.8) is 0 Å². The van der Waals surface area contributed by atoms with Crippen molar-refractivity contribution >= 4 is 0 Å². The largest absolute Gasteiger partial charge is 0.393 e. The molecule has 0 amide bonds. The Morgan fingerprint density at radius 3 is 2.59 bits per heavy atom. The Balaban J connectivity index is 1.98. The maximum absolute atomic E-state index is 9.55. The standard InChI is InChI=1S/C15H22O2/c1-12(2)15(11-16)9-8-14(17-15)10-13-6-4-3-5-7-13/h3-7,12,14,16H,8-11H2,1-2H3. The van der Waals surface area contributed by atoms with E-state index in [1.807, 2.05) is 6.07 Å². The Morgan fingerprint density at radius 1 is 1.35 bits per heavy atom. The van der Waals surface area contributed by atoms with Gasteiger partial charge in [-0.2, -0.15) is 0 Å². The lowest BCUT2D eigenvalue weighted by molar-refractivity contribution is -0.100. The fourth-order valence-corrected chi connectivity index (χ4v) is 2.60. The summed E-state index contributed by atoms with van der Waals surface area (Å²) >= 11 is 0. The summed E-state index contributed by atoms with van der Waals surface area (Å²) in [6.07, 6.45) is 3.23. The topological polar surface area (TPSA) is 29.5 Å². The van der Waals surface area contributed by atoms with E-state index in [1.54, 1.807) is 0 Å². The molecule has 2 atom stereocenters. The van der Waals surface area contributed by atoms with Gasteiger partial charge < -0.3 is 9.84 Å². The molecule has 1 N–H and O–H groups in total. The molecular formula is C15H22O2. The van der Waals surface area contributed by atoms with E-state index in [1.165, 1.54) is 5.56 Å². The van der Waals surface area contributed by atoms with Crippen LogP contribution < -0.4 is 0 Å². The second kappa shape index (κ2) is 5.19. The second-order valence-electron chi connectivity index (χ2n) is 5.35. The van der Waals surface area contributed by atoms with Gasteiger partial charge in [0.15, 0.2) is 0 Å². The summed E-state index contributed by atoms with van der Waals surface area (Å²) in [6.45, 7) is 4.39. The maximum atomic E-state index is 9.55. The first-order valence-corrected chi connectivity index (χ1v) is 6.49. The molecule has 2 nitrogen and oxygen atoms in total. The molecule has 2 heteroatoms. The fraction of sp³-hybridized carbons (Fsp3) is 0.600. The summed E-state index contributed by atoms with van der Waals surface area (Å²) in [6, 6.07) is 10.4. The average molecular weight is 234 g/mol. The predicted octanol–water partition coefficient (Wildman–Crippen LogP) is 2.80. The molecular weight excluding hydrogens is 212 g/mol. The van der Waals surface area contributed by atoms with Gasteiger partial charge >= 0.3 is 0 Å². The van der Waals surface area contributed by atoms with Gasteiger partial charge in [0.2, 0.25) is 0 Å². The highest BCUT2D eigenvalue weighted by Gasteiger charge is 2.42. The predicted molar refractivity (Wildman–Crippen MR) is 68.9 cm³/mol. The van der Waals surface area contributed by atoms with Crippen LogP contribution in [-0.2, 0) is 11.2 Å². The van der Waals surface area contributed by atoms with Crippen molar-refractivity contribution in [2.75, 3.05) is 6.61 Å². The zero-order valence-corrected chi connectivity index (χ0v) is 10.7. The molecule has 2 unspecified atom stereocenters. The minimum absolute atomic E-state index is 0.135. The van der Waals surface area contributed by atoms with Crippen LogP contribution in [0.2, 0.25) is 0 Å². The molecule has 1 aliphatic rings. The number of ether oxygens (including phenoxy) is 1. The van der Waals surface area contributed by atoms with Crippen molar-refractivity contribution in [3.8, 4) is 0 Å². The van der Waals surface area contributed by atoms with Crippen LogP contribution in [-0.4, -0.2) is 23.4 Å². The lowest BCUT2D eigenvalue weighted by Gasteiger charge is -2.31. The molecule has 1 aromatic rings. The lowest BCUT2D eigenvalue weighted by Crippen LogP contribution is -2.39. The number of benzene rings is 1. The van der Waals surface area contributed by atoms with E-state index in [4.69, 9.17) is 4.74 Å². The zero-order valence-electron chi connectivity index (χ0n) is 10.7. The Kier molecular flexibility index (Phi) is 3.85. The van der Waals surface area contributed by atoms with E-state index in [0.29, 0.717) is 5.92 Å². The third-order valence-corrected chi connectivity index (χ3v) is 3.92. The smallest absolute Gasteiger partial charge is 0.0939 e. The molecule has 1 aromatic carbocycles. The summed E-state index contributed by atoms with van der Waals surface area (Å²) in [4.78, 5) is 0. The van der Waals surface area contributed by atoms with Crippen LogP contribution in [0.3, 0.4) is 0 Å². The van der Waals surface area contributed by atoms with Crippen LogP contribution in [0.4, 0.5) is 0 Å². The lowest BCUT2D eigenvalue weighted by atomic mass is 9.88.